The SMILES string of the molecule is CC(C)c1ccccc1NCCCN1CCOCC1. The molecule has 0 radical (unpaired) electrons. The van der Waals surface area contributed by atoms with Crippen molar-refractivity contribution in [3.63, 3.8) is 0 Å². The number of hydrogen-bond acceptors (Lipinski definition) is 3. The molecule has 0 amide bonds. The maximum atomic E-state index is 5.36. The van der Waals surface area contributed by atoms with Crippen LogP contribution in [0.5, 0.6) is 0 Å². The number of nitrogens with one attached hydrogen (secondary N) is 1. The second kappa shape index (κ2) is 7.51. The molecule has 1 aromatic carbocycles. The van der Waals surface area contributed by atoms with E-state index in [1.165, 1.54) is 24.2 Å². The average molecular weight is 262 g/mol. The zero-order valence-electron chi connectivity index (χ0n) is 12.2. The molecule has 0 atom stereocenters. The van der Waals surface area contributed by atoms with Crippen LogP contribution in [0.15, 0.2) is 24.3 Å². The lowest BCUT2D eigenvalue weighted by Crippen LogP contribution is -2.37. The van der Waals surface area contributed by atoms with Crippen LogP contribution in [-0.4, -0.2) is 44.3 Å². The molecule has 1 aromatic rings. The van der Waals surface area contributed by atoms with Gasteiger partial charge in [-0.1, -0.05) is 32.0 Å². The number of para-hydroxylation sites is 1. The van der Waals surface area contributed by atoms with Crippen LogP contribution in [0.1, 0.15) is 31.7 Å². The normalized spacial score (nSPS) is 16.8. The number of ether oxygens (including phenoxy) is 1. The average Bonchev–Trinajstić information content (AvgIpc) is 2.45. The van der Waals surface area contributed by atoms with Gasteiger partial charge in [-0.2, -0.15) is 0 Å². The molecule has 19 heavy (non-hydrogen) atoms. The number of nitrogens with zero attached hydrogens (tertiary/aromatic N) is 1. The van der Waals surface area contributed by atoms with Crippen LogP contribution in [0, 0.1) is 0 Å². The third-order valence-electron chi connectivity index (χ3n) is 3.65. The van der Waals surface area contributed by atoms with E-state index in [0.29, 0.717) is 5.92 Å². The van der Waals surface area contributed by atoms with Gasteiger partial charge >= 0.3 is 0 Å². The summed E-state index contributed by atoms with van der Waals surface area (Å²) < 4.78 is 5.36. The van der Waals surface area contributed by atoms with Crippen molar-refractivity contribution in [2.45, 2.75) is 26.2 Å². The number of anilines is 1. The summed E-state index contributed by atoms with van der Waals surface area (Å²) in [7, 11) is 0. The lowest BCUT2D eigenvalue weighted by Gasteiger charge is -2.26. The highest BCUT2D eigenvalue weighted by Gasteiger charge is 2.09. The third kappa shape index (κ3) is 4.51. The van der Waals surface area contributed by atoms with E-state index in [1.807, 2.05) is 0 Å². The van der Waals surface area contributed by atoms with Crippen molar-refractivity contribution in [2.24, 2.45) is 0 Å². The summed E-state index contributed by atoms with van der Waals surface area (Å²) in [4.78, 5) is 2.49. The first-order valence-corrected chi connectivity index (χ1v) is 7.40. The van der Waals surface area contributed by atoms with E-state index in [4.69, 9.17) is 4.74 Å². The molecule has 106 valence electrons. The van der Waals surface area contributed by atoms with Gasteiger partial charge in [0.2, 0.25) is 0 Å². The van der Waals surface area contributed by atoms with Gasteiger partial charge in [0, 0.05) is 25.3 Å². The molecule has 0 aromatic heterocycles. The van der Waals surface area contributed by atoms with Crippen LogP contribution in [0.2, 0.25) is 0 Å². The number of hydrogen-bond donors (Lipinski definition) is 1. The van der Waals surface area contributed by atoms with Gasteiger partial charge in [0.15, 0.2) is 0 Å². The Hall–Kier alpha value is -1.06. The minimum absolute atomic E-state index is 0.572. The Morgan fingerprint density at radius 2 is 1.95 bits per heavy atom. The van der Waals surface area contributed by atoms with Gasteiger partial charge in [0.05, 0.1) is 13.2 Å². The Labute approximate surface area is 116 Å². The quantitative estimate of drug-likeness (QED) is 0.798. The van der Waals surface area contributed by atoms with Crippen LogP contribution >= 0.6 is 0 Å². The molecule has 0 aliphatic carbocycles. The first kappa shape index (κ1) is 14.4. The van der Waals surface area contributed by atoms with E-state index in [1.54, 1.807) is 0 Å². The Balaban J connectivity index is 1.73. The highest BCUT2D eigenvalue weighted by Crippen LogP contribution is 2.23. The van der Waals surface area contributed by atoms with Gasteiger partial charge in [0.1, 0.15) is 0 Å². The van der Waals surface area contributed by atoms with Crippen LogP contribution < -0.4 is 5.32 Å². The predicted octanol–water partition coefficient (Wildman–Crippen LogP) is 2.94. The van der Waals surface area contributed by atoms with E-state index in [2.05, 4.69) is 48.3 Å². The van der Waals surface area contributed by atoms with E-state index >= 15 is 0 Å². The second-order valence-corrected chi connectivity index (χ2v) is 5.48. The molecule has 1 N–H and O–H groups in total. The molecule has 1 aliphatic rings. The zero-order valence-corrected chi connectivity index (χ0v) is 12.2. The van der Waals surface area contributed by atoms with Gasteiger partial charge in [-0.05, 0) is 30.5 Å². The number of benzene rings is 1. The Morgan fingerprint density at radius 1 is 1.21 bits per heavy atom. The predicted molar refractivity (Wildman–Crippen MR) is 80.9 cm³/mol. The molecule has 3 nitrogen and oxygen atoms in total. The maximum absolute atomic E-state index is 5.36. The van der Waals surface area contributed by atoms with Crippen molar-refractivity contribution in [3.05, 3.63) is 29.8 Å². The summed E-state index contributed by atoms with van der Waals surface area (Å²) in [6, 6.07) is 8.63. The van der Waals surface area contributed by atoms with Gasteiger partial charge in [-0.25, -0.2) is 0 Å². The van der Waals surface area contributed by atoms with Gasteiger partial charge < -0.3 is 10.1 Å². The fourth-order valence-corrected chi connectivity index (χ4v) is 2.51. The molecule has 2 rings (SSSR count). The summed E-state index contributed by atoms with van der Waals surface area (Å²) in [6.07, 6.45) is 1.19. The molecule has 0 bridgehead atoms. The highest BCUT2D eigenvalue weighted by atomic mass is 16.5. The Bertz CT molecular complexity index is 373. The largest absolute Gasteiger partial charge is 0.385 e. The summed E-state index contributed by atoms with van der Waals surface area (Å²) >= 11 is 0. The molecular formula is C16H26N2O. The van der Waals surface area contributed by atoms with Crippen LogP contribution in [0.25, 0.3) is 0 Å². The number of rotatable bonds is 6. The van der Waals surface area contributed by atoms with E-state index in [0.717, 1.165) is 32.8 Å². The lowest BCUT2D eigenvalue weighted by molar-refractivity contribution is 0.0378. The minimum Gasteiger partial charge on any atom is -0.385 e. The summed E-state index contributed by atoms with van der Waals surface area (Å²) in [5, 5.41) is 3.58. The summed E-state index contributed by atoms with van der Waals surface area (Å²) in [5.41, 5.74) is 2.70. The van der Waals surface area contributed by atoms with E-state index in [-0.39, 0.29) is 0 Å². The van der Waals surface area contributed by atoms with E-state index in [9.17, 15) is 0 Å². The summed E-state index contributed by atoms with van der Waals surface area (Å²) in [6.45, 7) is 10.7. The molecule has 1 heterocycles. The van der Waals surface area contributed by atoms with Gasteiger partial charge in [-0.15, -0.1) is 0 Å². The van der Waals surface area contributed by atoms with Crippen LogP contribution in [0.3, 0.4) is 0 Å². The summed E-state index contributed by atoms with van der Waals surface area (Å²) in [5.74, 6) is 0.572. The smallest absolute Gasteiger partial charge is 0.0594 e. The molecule has 1 fully saturated rings. The van der Waals surface area contributed by atoms with Crippen molar-refractivity contribution in [1.29, 1.82) is 0 Å². The highest BCUT2D eigenvalue weighted by molar-refractivity contribution is 5.52. The second-order valence-electron chi connectivity index (χ2n) is 5.48. The van der Waals surface area contributed by atoms with Crippen LogP contribution in [-0.2, 0) is 4.74 Å². The van der Waals surface area contributed by atoms with Crippen molar-refractivity contribution < 1.29 is 4.74 Å². The fourth-order valence-electron chi connectivity index (χ4n) is 2.51. The molecule has 0 spiro atoms. The standard InChI is InChI=1S/C16H26N2O/c1-14(2)15-6-3-4-7-16(15)17-8-5-9-18-10-12-19-13-11-18/h3-4,6-7,14,17H,5,8-13H2,1-2H3. The maximum Gasteiger partial charge on any atom is 0.0594 e. The van der Waals surface area contributed by atoms with Crippen molar-refractivity contribution in [2.75, 3.05) is 44.7 Å². The zero-order chi connectivity index (χ0) is 13.5. The molecule has 1 saturated heterocycles. The van der Waals surface area contributed by atoms with Gasteiger partial charge in [-0.3, -0.25) is 4.90 Å². The van der Waals surface area contributed by atoms with Crippen molar-refractivity contribution in [1.82, 2.24) is 4.90 Å². The topological polar surface area (TPSA) is 24.5 Å². The molecule has 3 heteroatoms. The Kier molecular flexibility index (Phi) is 5.67. The molecule has 1 aliphatic heterocycles. The Morgan fingerprint density at radius 3 is 2.68 bits per heavy atom. The molecule has 0 saturated carbocycles. The first-order valence-electron chi connectivity index (χ1n) is 7.40. The minimum atomic E-state index is 0.572. The molecular weight excluding hydrogens is 236 g/mol. The van der Waals surface area contributed by atoms with Crippen molar-refractivity contribution >= 4 is 5.69 Å². The molecule has 0 unspecified atom stereocenters. The first-order chi connectivity index (χ1) is 9.27. The monoisotopic (exact) mass is 262 g/mol. The fraction of sp³-hybridized carbons (Fsp3) is 0.625. The third-order valence-corrected chi connectivity index (χ3v) is 3.65. The van der Waals surface area contributed by atoms with Crippen LogP contribution in [0.4, 0.5) is 5.69 Å². The number of morpholine rings is 1. The lowest BCUT2D eigenvalue weighted by atomic mass is 10.0. The van der Waals surface area contributed by atoms with E-state index < -0.39 is 0 Å². The van der Waals surface area contributed by atoms with Crippen molar-refractivity contribution in [3.8, 4) is 0 Å². The van der Waals surface area contributed by atoms with Gasteiger partial charge in [0.25, 0.3) is 0 Å².